The molecule has 1 unspecified atom stereocenters. The summed E-state index contributed by atoms with van der Waals surface area (Å²) in [6, 6.07) is 9.37. The Morgan fingerprint density at radius 3 is 2.30 bits per heavy atom. The first-order valence-corrected chi connectivity index (χ1v) is 10.0. The van der Waals surface area contributed by atoms with Gasteiger partial charge in [-0.3, -0.25) is 10.1 Å². The van der Waals surface area contributed by atoms with Crippen LogP contribution >= 0.6 is 24.0 Å². The molecule has 1 fully saturated rings. The van der Waals surface area contributed by atoms with E-state index in [9.17, 15) is 14.9 Å². The number of nitrogens with zero attached hydrogens (tertiary/aromatic N) is 3. The fourth-order valence-electron chi connectivity index (χ4n) is 2.61. The number of carbonyl (C=O) groups is 1. The standard InChI is InChI=1S/C18H25N3O4S2/c1-18(2,3)25-16(22)19-9-11-20(12-10-19)17(26)27-15(13-21(23)24)14-7-5-4-6-8-14/h4-8,15H,9-13H2,1-3H3. The van der Waals surface area contributed by atoms with Gasteiger partial charge in [0, 0.05) is 31.1 Å². The van der Waals surface area contributed by atoms with Crippen LogP contribution in [0.5, 0.6) is 0 Å². The molecule has 0 bridgehead atoms. The van der Waals surface area contributed by atoms with Crippen molar-refractivity contribution in [2.45, 2.75) is 31.6 Å². The number of piperazine rings is 1. The lowest BCUT2D eigenvalue weighted by Gasteiger charge is -2.36. The quantitative estimate of drug-likeness (QED) is 0.426. The van der Waals surface area contributed by atoms with E-state index < -0.39 is 5.60 Å². The summed E-state index contributed by atoms with van der Waals surface area (Å²) in [5.74, 6) is 0. The van der Waals surface area contributed by atoms with Gasteiger partial charge in [0.05, 0.1) is 0 Å². The number of nitro groups is 1. The van der Waals surface area contributed by atoms with E-state index in [1.54, 1.807) is 4.90 Å². The second-order valence-corrected chi connectivity index (χ2v) is 9.09. The van der Waals surface area contributed by atoms with Gasteiger partial charge in [-0.2, -0.15) is 0 Å². The molecule has 1 atom stereocenters. The molecular formula is C18H25N3O4S2. The first-order valence-electron chi connectivity index (χ1n) is 8.76. The average Bonchev–Trinajstić information content (AvgIpc) is 2.60. The van der Waals surface area contributed by atoms with Gasteiger partial charge in [0.2, 0.25) is 6.54 Å². The van der Waals surface area contributed by atoms with Crippen LogP contribution in [0.2, 0.25) is 0 Å². The monoisotopic (exact) mass is 411 g/mol. The summed E-state index contributed by atoms with van der Waals surface area (Å²) in [6.07, 6.45) is -0.323. The molecule has 0 spiro atoms. The molecule has 1 aromatic carbocycles. The molecule has 1 aromatic rings. The van der Waals surface area contributed by atoms with Crippen LogP contribution in [0.4, 0.5) is 4.79 Å². The van der Waals surface area contributed by atoms with E-state index in [4.69, 9.17) is 17.0 Å². The van der Waals surface area contributed by atoms with E-state index in [1.807, 2.05) is 56.0 Å². The van der Waals surface area contributed by atoms with Crippen LogP contribution in [0.3, 0.4) is 0 Å². The minimum Gasteiger partial charge on any atom is -0.444 e. The summed E-state index contributed by atoms with van der Waals surface area (Å²) in [6.45, 7) is 7.54. The van der Waals surface area contributed by atoms with Crippen molar-refractivity contribution in [1.82, 2.24) is 9.80 Å². The van der Waals surface area contributed by atoms with Gasteiger partial charge in [-0.1, -0.05) is 54.3 Å². The Morgan fingerprint density at radius 2 is 1.78 bits per heavy atom. The van der Waals surface area contributed by atoms with E-state index >= 15 is 0 Å². The Balaban J connectivity index is 1.92. The molecule has 1 aliphatic heterocycles. The molecule has 0 radical (unpaired) electrons. The third-order valence-corrected chi connectivity index (χ3v) is 5.63. The molecule has 0 aliphatic carbocycles. The van der Waals surface area contributed by atoms with Crippen molar-refractivity contribution in [3.8, 4) is 0 Å². The molecule has 0 aromatic heterocycles. The summed E-state index contributed by atoms with van der Waals surface area (Å²) < 4.78 is 6.01. The van der Waals surface area contributed by atoms with Crippen molar-refractivity contribution < 1.29 is 14.5 Å². The molecule has 1 aliphatic rings. The molecule has 0 saturated carbocycles. The van der Waals surface area contributed by atoms with Crippen LogP contribution in [0.1, 0.15) is 31.6 Å². The van der Waals surface area contributed by atoms with Crippen LogP contribution in [0.15, 0.2) is 30.3 Å². The molecule has 2 rings (SSSR count). The maximum Gasteiger partial charge on any atom is 0.410 e. The van der Waals surface area contributed by atoms with Crippen molar-refractivity contribution >= 4 is 34.4 Å². The lowest BCUT2D eigenvalue weighted by atomic mass is 10.1. The Morgan fingerprint density at radius 1 is 1.22 bits per heavy atom. The number of hydrogen-bond donors (Lipinski definition) is 0. The first-order chi connectivity index (χ1) is 12.7. The number of rotatable bonds is 4. The molecule has 0 N–H and O–H groups in total. The zero-order valence-corrected chi connectivity index (χ0v) is 17.4. The van der Waals surface area contributed by atoms with Crippen molar-refractivity contribution in [2.75, 3.05) is 32.7 Å². The van der Waals surface area contributed by atoms with E-state index in [-0.39, 0.29) is 22.8 Å². The predicted molar refractivity (Wildman–Crippen MR) is 111 cm³/mol. The lowest BCUT2D eigenvalue weighted by Crippen LogP contribution is -2.50. The highest BCUT2D eigenvalue weighted by Crippen LogP contribution is 2.31. The van der Waals surface area contributed by atoms with Crippen LogP contribution in [-0.4, -0.2) is 63.5 Å². The number of thioether (sulfide) groups is 1. The predicted octanol–water partition coefficient (Wildman–Crippen LogP) is 3.58. The molecular weight excluding hydrogens is 386 g/mol. The minimum absolute atomic E-state index is 0.188. The van der Waals surface area contributed by atoms with Crippen LogP contribution in [0, 0.1) is 10.1 Å². The molecule has 9 heteroatoms. The Bertz CT molecular complexity index is 671. The van der Waals surface area contributed by atoms with Crippen molar-refractivity contribution in [3.05, 3.63) is 46.0 Å². The highest BCUT2D eigenvalue weighted by Gasteiger charge is 2.28. The fraction of sp³-hybridized carbons (Fsp3) is 0.556. The molecule has 148 valence electrons. The number of amides is 1. The molecule has 1 amide bonds. The van der Waals surface area contributed by atoms with Gasteiger partial charge >= 0.3 is 6.09 Å². The molecule has 1 heterocycles. The smallest absolute Gasteiger partial charge is 0.410 e. The average molecular weight is 412 g/mol. The summed E-state index contributed by atoms with van der Waals surface area (Å²) in [7, 11) is 0. The fourth-order valence-corrected chi connectivity index (χ4v) is 4.20. The minimum atomic E-state index is -0.523. The molecule has 27 heavy (non-hydrogen) atoms. The first kappa shape index (κ1) is 21.4. The summed E-state index contributed by atoms with van der Waals surface area (Å²) in [5, 5.41) is 10.7. The lowest BCUT2D eigenvalue weighted by molar-refractivity contribution is -0.479. The summed E-state index contributed by atoms with van der Waals surface area (Å²) >= 11 is 6.86. The van der Waals surface area contributed by atoms with E-state index in [0.717, 1.165) is 5.56 Å². The molecule has 1 saturated heterocycles. The van der Waals surface area contributed by atoms with E-state index in [0.29, 0.717) is 30.5 Å². The van der Waals surface area contributed by atoms with Gasteiger partial charge in [-0.05, 0) is 26.3 Å². The highest BCUT2D eigenvalue weighted by molar-refractivity contribution is 8.23. The van der Waals surface area contributed by atoms with Crippen LogP contribution < -0.4 is 0 Å². The van der Waals surface area contributed by atoms with Gasteiger partial charge in [0.1, 0.15) is 15.2 Å². The zero-order valence-electron chi connectivity index (χ0n) is 15.8. The number of thiocarbonyl (C=S) groups is 1. The third kappa shape index (κ3) is 6.99. The second kappa shape index (κ2) is 9.36. The Hall–Kier alpha value is -1.87. The third-order valence-electron chi connectivity index (χ3n) is 3.92. The number of ether oxygens (including phenoxy) is 1. The maximum atomic E-state index is 12.1. The summed E-state index contributed by atoms with van der Waals surface area (Å²) in [5.41, 5.74) is 0.360. The van der Waals surface area contributed by atoms with Gasteiger partial charge in [-0.25, -0.2) is 4.79 Å². The topological polar surface area (TPSA) is 75.9 Å². The zero-order chi connectivity index (χ0) is 20.0. The van der Waals surface area contributed by atoms with Gasteiger partial charge in [0.25, 0.3) is 0 Å². The maximum absolute atomic E-state index is 12.1. The van der Waals surface area contributed by atoms with Crippen molar-refractivity contribution in [1.29, 1.82) is 0 Å². The van der Waals surface area contributed by atoms with Crippen molar-refractivity contribution in [3.63, 3.8) is 0 Å². The van der Waals surface area contributed by atoms with Crippen LogP contribution in [0.25, 0.3) is 0 Å². The highest BCUT2D eigenvalue weighted by atomic mass is 32.2. The largest absolute Gasteiger partial charge is 0.444 e. The van der Waals surface area contributed by atoms with E-state index in [1.165, 1.54) is 11.8 Å². The van der Waals surface area contributed by atoms with E-state index in [2.05, 4.69) is 0 Å². The SMILES string of the molecule is CC(C)(C)OC(=O)N1CCN(C(=S)SC(C[N+](=O)[O-])c2ccccc2)CC1. The number of carbonyl (C=O) groups excluding carboxylic acids is 1. The number of benzene rings is 1. The summed E-state index contributed by atoms with van der Waals surface area (Å²) in [4.78, 5) is 26.5. The van der Waals surface area contributed by atoms with Gasteiger partial charge in [0.15, 0.2) is 0 Å². The van der Waals surface area contributed by atoms with Gasteiger partial charge in [-0.15, -0.1) is 0 Å². The van der Waals surface area contributed by atoms with Crippen molar-refractivity contribution in [2.24, 2.45) is 0 Å². The molecule has 7 nitrogen and oxygen atoms in total. The number of hydrogen-bond acceptors (Lipinski definition) is 6. The Labute approximate surface area is 169 Å². The second-order valence-electron chi connectivity index (χ2n) is 7.25. The van der Waals surface area contributed by atoms with Crippen LogP contribution in [-0.2, 0) is 4.74 Å². The normalized spacial score (nSPS) is 16.0. The Kier molecular flexibility index (Phi) is 7.43. The van der Waals surface area contributed by atoms with Gasteiger partial charge < -0.3 is 14.5 Å².